The first-order chi connectivity index (χ1) is 12.2. The number of hydrogen-bond acceptors (Lipinski definition) is 3. The molecule has 1 atom stereocenters. The van der Waals surface area contributed by atoms with E-state index in [4.69, 9.17) is 0 Å². The molecule has 1 N–H and O–H groups in total. The maximum atomic E-state index is 12.9. The third-order valence-electron chi connectivity index (χ3n) is 3.97. The Morgan fingerprint density at radius 2 is 1.16 bits per heavy atom. The molecule has 25 heavy (non-hydrogen) atoms. The quantitative estimate of drug-likeness (QED) is 0.643. The second-order valence-electron chi connectivity index (χ2n) is 5.79. The molecule has 3 aromatic carbocycles. The molecule has 0 aliphatic heterocycles. The minimum atomic E-state index is -0.613. The Bertz CT molecular complexity index is 830. The Labute approximate surface area is 147 Å². The molecule has 0 amide bonds. The summed E-state index contributed by atoms with van der Waals surface area (Å²) in [7, 11) is 0. The highest BCUT2D eigenvalue weighted by atomic mass is 16.1. The van der Waals surface area contributed by atoms with Gasteiger partial charge in [-0.15, -0.1) is 0 Å². The summed E-state index contributed by atoms with van der Waals surface area (Å²) in [6.07, 6.45) is 0.104. The van der Waals surface area contributed by atoms with E-state index in [1.807, 2.05) is 66.7 Å². The van der Waals surface area contributed by atoms with E-state index >= 15 is 0 Å². The van der Waals surface area contributed by atoms with Crippen LogP contribution in [0.3, 0.4) is 0 Å². The number of rotatable bonds is 7. The predicted molar refractivity (Wildman–Crippen MR) is 100 cm³/mol. The first-order valence-electron chi connectivity index (χ1n) is 8.23. The maximum absolute atomic E-state index is 12.9. The highest BCUT2D eigenvalue weighted by molar-refractivity contribution is 6.06. The Morgan fingerprint density at radius 1 is 0.680 bits per heavy atom. The summed E-state index contributed by atoms with van der Waals surface area (Å²) in [5.41, 5.74) is 2.03. The minimum Gasteiger partial charge on any atom is -0.375 e. The molecule has 0 heterocycles. The molecule has 0 saturated heterocycles. The highest BCUT2D eigenvalue weighted by Gasteiger charge is 2.23. The van der Waals surface area contributed by atoms with Gasteiger partial charge in [0.2, 0.25) is 0 Å². The van der Waals surface area contributed by atoms with Crippen LogP contribution in [0.5, 0.6) is 0 Å². The van der Waals surface area contributed by atoms with Gasteiger partial charge in [-0.1, -0.05) is 78.9 Å². The molecule has 0 bridgehead atoms. The summed E-state index contributed by atoms with van der Waals surface area (Å²) >= 11 is 0. The van der Waals surface area contributed by atoms with Crippen molar-refractivity contribution in [2.24, 2.45) is 0 Å². The standard InChI is InChI=1S/C22H19NO2/c24-21(17-10-4-1-5-11-17)16-20(23-19-14-8-3-9-15-19)22(25)18-12-6-2-7-13-18/h1-15,20,23H,16H2. The second-order valence-corrected chi connectivity index (χ2v) is 5.79. The van der Waals surface area contributed by atoms with E-state index in [0.717, 1.165) is 5.69 Å². The summed E-state index contributed by atoms with van der Waals surface area (Å²) in [5, 5.41) is 3.21. The number of hydrogen-bond donors (Lipinski definition) is 1. The topological polar surface area (TPSA) is 46.2 Å². The second kappa shape index (κ2) is 8.06. The molecule has 3 rings (SSSR count). The number of para-hydroxylation sites is 1. The Balaban J connectivity index is 1.83. The maximum Gasteiger partial charge on any atom is 0.185 e. The van der Waals surface area contributed by atoms with Gasteiger partial charge in [0.15, 0.2) is 11.6 Å². The zero-order valence-electron chi connectivity index (χ0n) is 13.8. The van der Waals surface area contributed by atoms with Crippen LogP contribution >= 0.6 is 0 Å². The average molecular weight is 329 g/mol. The van der Waals surface area contributed by atoms with Gasteiger partial charge in [0, 0.05) is 23.2 Å². The van der Waals surface area contributed by atoms with Crippen LogP contribution in [0.25, 0.3) is 0 Å². The van der Waals surface area contributed by atoms with Crippen molar-refractivity contribution in [2.75, 3.05) is 5.32 Å². The van der Waals surface area contributed by atoms with E-state index in [2.05, 4.69) is 5.32 Å². The zero-order chi connectivity index (χ0) is 17.5. The van der Waals surface area contributed by atoms with Crippen LogP contribution in [0.2, 0.25) is 0 Å². The molecular weight excluding hydrogens is 310 g/mol. The predicted octanol–water partition coefficient (Wildman–Crippen LogP) is 4.62. The smallest absolute Gasteiger partial charge is 0.185 e. The van der Waals surface area contributed by atoms with Crippen LogP contribution in [0.15, 0.2) is 91.0 Å². The first-order valence-corrected chi connectivity index (χ1v) is 8.23. The van der Waals surface area contributed by atoms with Crippen molar-refractivity contribution in [1.82, 2.24) is 0 Å². The molecule has 3 nitrogen and oxygen atoms in total. The number of benzene rings is 3. The number of carbonyl (C=O) groups is 2. The number of carbonyl (C=O) groups excluding carboxylic acids is 2. The van der Waals surface area contributed by atoms with Gasteiger partial charge in [-0.3, -0.25) is 9.59 Å². The number of Topliss-reactive ketones (excluding diaryl/α,β-unsaturated/α-hetero) is 2. The Kier molecular flexibility index (Phi) is 5.37. The number of ketones is 2. The van der Waals surface area contributed by atoms with Crippen LogP contribution in [0.4, 0.5) is 5.69 Å². The lowest BCUT2D eigenvalue weighted by atomic mass is 9.96. The van der Waals surface area contributed by atoms with Crippen molar-refractivity contribution in [3.05, 3.63) is 102 Å². The molecule has 124 valence electrons. The Hall–Kier alpha value is -3.20. The van der Waals surface area contributed by atoms with E-state index in [-0.39, 0.29) is 18.0 Å². The Morgan fingerprint density at radius 3 is 1.72 bits per heavy atom. The summed E-state index contributed by atoms with van der Waals surface area (Å²) in [6.45, 7) is 0. The van der Waals surface area contributed by atoms with Gasteiger partial charge < -0.3 is 5.32 Å². The monoisotopic (exact) mass is 329 g/mol. The average Bonchev–Trinajstić information content (AvgIpc) is 2.69. The van der Waals surface area contributed by atoms with Gasteiger partial charge in [0.1, 0.15) is 0 Å². The van der Waals surface area contributed by atoms with Crippen molar-refractivity contribution < 1.29 is 9.59 Å². The molecule has 0 saturated carbocycles. The van der Waals surface area contributed by atoms with Crippen molar-refractivity contribution in [1.29, 1.82) is 0 Å². The molecule has 1 unspecified atom stereocenters. The molecular formula is C22H19NO2. The van der Waals surface area contributed by atoms with Gasteiger partial charge >= 0.3 is 0 Å². The van der Waals surface area contributed by atoms with Crippen LogP contribution in [-0.2, 0) is 0 Å². The summed E-state index contributed by atoms with van der Waals surface area (Å²) < 4.78 is 0. The van der Waals surface area contributed by atoms with E-state index < -0.39 is 6.04 Å². The summed E-state index contributed by atoms with van der Waals surface area (Å²) in [6, 6.07) is 27.0. The van der Waals surface area contributed by atoms with E-state index in [9.17, 15) is 9.59 Å². The van der Waals surface area contributed by atoms with Crippen LogP contribution in [0, 0.1) is 0 Å². The molecule has 0 aliphatic rings. The molecule has 3 aromatic rings. The molecule has 0 aromatic heterocycles. The SMILES string of the molecule is O=C(CC(Nc1ccccc1)C(=O)c1ccccc1)c1ccccc1. The third-order valence-corrected chi connectivity index (χ3v) is 3.97. The number of nitrogens with one attached hydrogen (secondary N) is 1. The van der Waals surface area contributed by atoms with Crippen LogP contribution < -0.4 is 5.32 Å². The first kappa shape index (κ1) is 16.7. The molecule has 0 aliphatic carbocycles. The highest BCUT2D eigenvalue weighted by Crippen LogP contribution is 2.16. The fraction of sp³-hybridized carbons (Fsp3) is 0.0909. The van der Waals surface area contributed by atoms with Gasteiger partial charge in [-0.05, 0) is 12.1 Å². The fourth-order valence-corrected chi connectivity index (χ4v) is 2.68. The van der Waals surface area contributed by atoms with Crippen molar-refractivity contribution in [3.63, 3.8) is 0 Å². The van der Waals surface area contributed by atoms with Crippen molar-refractivity contribution in [2.45, 2.75) is 12.5 Å². The molecule has 3 heteroatoms. The fourth-order valence-electron chi connectivity index (χ4n) is 2.68. The third kappa shape index (κ3) is 4.42. The largest absolute Gasteiger partial charge is 0.375 e. The summed E-state index contributed by atoms with van der Waals surface area (Å²) in [4.78, 5) is 25.5. The lowest BCUT2D eigenvalue weighted by molar-refractivity contribution is 0.0904. The lowest BCUT2D eigenvalue weighted by Crippen LogP contribution is -2.32. The normalized spacial score (nSPS) is 11.5. The van der Waals surface area contributed by atoms with Gasteiger partial charge in [0.05, 0.1) is 6.04 Å². The molecule has 0 spiro atoms. The zero-order valence-corrected chi connectivity index (χ0v) is 13.8. The van der Waals surface area contributed by atoms with E-state index in [0.29, 0.717) is 11.1 Å². The van der Waals surface area contributed by atoms with E-state index in [1.165, 1.54) is 0 Å². The van der Waals surface area contributed by atoms with Gasteiger partial charge in [-0.2, -0.15) is 0 Å². The van der Waals surface area contributed by atoms with E-state index in [1.54, 1.807) is 24.3 Å². The van der Waals surface area contributed by atoms with Gasteiger partial charge in [0.25, 0.3) is 0 Å². The van der Waals surface area contributed by atoms with Gasteiger partial charge in [-0.25, -0.2) is 0 Å². The number of anilines is 1. The van der Waals surface area contributed by atoms with Crippen LogP contribution in [0.1, 0.15) is 27.1 Å². The van der Waals surface area contributed by atoms with Crippen LogP contribution in [-0.4, -0.2) is 17.6 Å². The minimum absolute atomic E-state index is 0.0571. The van der Waals surface area contributed by atoms with Crippen molar-refractivity contribution in [3.8, 4) is 0 Å². The van der Waals surface area contributed by atoms with Crippen molar-refractivity contribution >= 4 is 17.3 Å². The summed E-state index contributed by atoms with van der Waals surface area (Å²) in [5.74, 6) is -0.146. The molecule has 0 radical (unpaired) electrons. The lowest BCUT2D eigenvalue weighted by Gasteiger charge is -2.18. The molecule has 0 fully saturated rings.